The Hall–Kier alpha value is -1.58. The quantitative estimate of drug-likeness (QED) is 0.505. The van der Waals surface area contributed by atoms with Crippen molar-refractivity contribution in [3.63, 3.8) is 0 Å². The molecule has 4 heteroatoms. The monoisotopic (exact) mass is 240 g/mol. The van der Waals surface area contributed by atoms with Gasteiger partial charge in [-0.25, -0.2) is 9.59 Å². The van der Waals surface area contributed by atoms with E-state index in [1.807, 2.05) is 0 Å². The minimum absolute atomic E-state index is 0.381. The van der Waals surface area contributed by atoms with Gasteiger partial charge in [0.25, 0.3) is 0 Å². The van der Waals surface area contributed by atoms with Gasteiger partial charge in [-0.15, -0.1) is 0 Å². The van der Waals surface area contributed by atoms with Gasteiger partial charge in [-0.2, -0.15) is 0 Å². The molecule has 0 heterocycles. The largest absolute Gasteiger partial charge is 0.478 e. The number of rotatable bonds is 8. The van der Waals surface area contributed by atoms with E-state index in [1.165, 1.54) is 0 Å². The molecule has 0 radical (unpaired) electrons. The Morgan fingerprint density at radius 3 is 1.47 bits per heavy atom. The molecule has 0 aliphatic heterocycles. The fraction of sp³-hybridized carbons (Fsp3) is 0.538. The highest BCUT2D eigenvalue weighted by Crippen LogP contribution is 2.07. The molecule has 0 unspecified atom stereocenters. The van der Waals surface area contributed by atoms with Crippen molar-refractivity contribution in [1.82, 2.24) is 0 Å². The number of unbranched alkanes of at least 4 members (excludes halogenated alkanes) is 4. The first-order chi connectivity index (χ1) is 7.95. The molecular formula is C13H20O4. The van der Waals surface area contributed by atoms with E-state index < -0.39 is 11.9 Å². The van der Waals surface area contributed by atoms with E-state index >= 15 is 0 Å². The number of aliphatic carboxylic acids is 2. The maximum atomic E-state index is 10.5. The summed E-state index contributed by atoms with van der Waals surface area (Å²) in [6.45, 7) is 3.17. The maximum absolute atomic E-state index is 10.5. The highest BCUT2D eigenvalue weighted by molar-refractivity contribution is 5.86. The molecule has 17 heavy (non-hydrogen) atoms. The van der Waals surface area contributed by atoms with Crippen molar-refractivity contribution in [2.24, 2.45) is 0 Å². The van der Waals surface area contributed by atoms with Gasteiger partial charge in [0.15, 0.2) is 0 Å². The van der Waals surface area contributed by atoms with Crippen LogP contribution in [0.25, 0.3) is 0 Å². The lowest BCUT2D eigenvalue weighted by molar-refractivity contribution is -0.133. The third-order valence-corrected chi connectivity index (χ3v) is 2.48. The van der Waals surface area contributed by atoms with Crippen LogP contribution in [-0.2, 0) is 9.59 Å². The van der Waals surface area contributed by atoms with Gasteiger partial charge < -0.3 is 10.2 Å². The van der Waals surface area contributed by atoms with E-state index in [9.17, 15) is 9.59 Å². The van der Waals surface area contributed by atoms with Gasteiger partial charge in [0.2, 0.25) is 0 Å². The van der Waals surface area contributed by atoms with Gasteiger partial charge >= 0.3 is 11.9 Å². The SMILES string of the molecule is CC(=CCCCCCC=C(C)C(=O)O)C(=O)O. The molecule has 0 spiro atoms. The normalized spacial score (nSPS) is 12.6. The lowest BCUT2D eigenvalue weighted by Gasteiger charge is -1.97. The molecule has 4 nitrogen and oxygen atoms in total. The Morgan fingerprint density at radius 2 is 1.18 bits per heavy atom. The van der Waals surface area contributed by atoms with E-state index in [2.05, 4.69) is 0 Å². The standard InChI is InChI=1S/C13H20O4/c1-10(12(14)15)8-6-4-3-5-7-9-11(2)13(16)17/h8-9H,3-7H2,1-2H3,(H,14,15)(H,16,17). The second-order valence-electron chi connectivity index (χ2n) is 4.02. The summed E-state index contributed by atoms with van der Waals surface area (Å²) >= 11 is 0. The first kappa shape index (κ1) is 15.4. The summed E-state index contributed by atoms with van der Waals surface area (Å²) < 4.78 is 0. The molecule has 0 bridgehead atoms. The highest BCUT2D eigenvalue weighted by Gasteiger charge is 1.99. The summed E-state index contributed by atoms with van der Waals surface area (Å²) in [6.07, 6.45) is 7.82. The first-order valence-electron chi connectivity index (χ1n) is 5.75. The van der Waals surface area contributed by atoms with Crippen molar-refractivity contribution in [1.29, 1.82) is 0 Å². The van der Waals surface area contributed by atoms with Crippen LogP contribution in [0, 0.1) is 0 Å². The van der Waals surface area contributed by atoms with Crippen LogP contribution in [0.2, 0.25) is 0 Å². The second-order valence-corrected chi connectivity index (χ2v) is 4.02. The van der Waals surface area contributed by atoms with Crippen LogP contribution >= 0.6 is 0 Å². The number of hydrogen-bond acceptors (Lipinski definition) is 2. The van der Waals surface area contributed by atoms with E-state index in [4.69, 9.17) is 10.2 Å². The van der Waals surface area contributed by atoms with E-state index in [0.29, 0.717) is 11.1 Å². The molecule has 2 N–H and O–H groups in total. The molecule has 0 fully saturated rings. The second kappa shape index (κ2) is 8.56. The van der Waals surface area contributed by atoms with Gasteiger partial charge in [-0.1, -0.05) is 18.6 Å². The molecule has 96 valence electrons. The fourth-order valence-corrected chi connectivity index (χ4v) is 1.28. The number of carbonyl (C=O) groups is 2. The third kappa shape index (κ3) is 8.25. The van der Waals surface area contributed by atoms with Crippen molar-refractivity contribution in [3.8, 4) is 0 Å². The van der Waals surface area contributed by atoms with Crippen molar-refractivity contribution in [3.05, 3.63) is 23.3 Å². The van der Waals surface area contributed by atoms with Crippen molar-refractivity contribution in [2.45, 2.75) is 46.0 Å². The lowest BCUT2D eigenvalue weighted by Crippen LogP contribution is -1.95. The third-order valence-electron chi connectivity index (χ3n) is 2.48. The van der Waals surface area contributed by atoms with Gasteiger partial charge in [0, 0.05) is 11.1 Å². The Kier molecular flexibility index (Phi) is 7.76. The summed E-state index contributed by atoms with van der Waals surface area (Å²) in [5.41, 5.74) is 0.762. The average Bonchev–Trinajstić information content (AvgIpc) is 2.26. The zero-order chi connectivity index (χ0) is 13.3. The Bertz CT molecular complexity index is 294. The number of carboxylic acids is 2. The highest BCUT2D eigenvalue weighted by atomic mass is 16.4. The molecule has 0 aliphatic rings. The first-order valence-corrected chi connectivity index (χ1v) is 5.75. The zero-order valence-electron chi connectivity index (χ0n) is 10.4. The summed E-state index contributed by atoms with van der Waals surface area (Å²) in [5.74, 6) is -1.74. The molecule has 0 atom stereocenters. The molecule has 0 aromatic heterocycles. The number of hydrogen-bond donors (Lipinski definition) is 2. The molecule has 0 amide bonds. The van der Waals surface area contributed by atoms with E-state index in [0.717, 1.165) is 32.1 Å². The summed E-state index contributed by atoms with van der Waals surface area (Å²) in [6, 6.07) is 0. The van der Waals surface area contributed by atoms with Gasteiger partial charge in [0.05, 0.1) is 0 Å². The van der Waals surface area contributed by atoms with Crippen molar-refractivity contribution < 1.29 is 19.8 Å². The maximum Gasteiger partial charge on any atom is 0.330 e. The van der Waals surface area contributed by atoms with Crippen LogP contribution in [0.5, 0.6) is 0 Å². The lowest BCUT2D eigenvalue weighted by atomic mass is 10.1. The zero-order valence-corrected chi connectivity index (χ0v) is 10.4. The fourth-order valence-electron chi connectivity index (χ4n) is 1.28. The number of allylic oxidation sites excluding steroid dienone is 2. The molecule has 0 aromatic carbocycles. The van der Waals surface area contributed by atoms with Gasteiger partial charge in [0.1, 0.15) is 0 Å². The molecule has 0 saturated heterocycles. The predicted octanol–water partition coefficient (Wildman–Crippen LogP) is 3.00. The summed E-state index contributed by atoms with van der Waals surface area (Å²) in [7, 11) is 0. The summed E-state index contributed by atoms with van der Waals surface area (Å²) in [4.78, 5) is 20.9. The molecular weight excluding hydrogens is 220 g/mol. The predicted molar refractivity (Wildman–Crippen MR) is 65.9 cm³/mol. The van der Waals surface area contributed by atoms with Gasteiger partial charge in [-0.3, -0.25) is 0 Å². The minimum atomic E-state index is -0.870. The van der Waals surface area contributed by atoms with Crippen LogP contribution in [-0.4, -0.2) is 22.2 Å². The van der Waals surface area contributed by atoms with Crippen LogP contribution in [0.15, 0.2) is 23.3 Å². The summed E-state index contributed by atoms with van der Waals surface area (Å²) in [5, 5.41) is 17.2. The molecule has 0 aromatic rings. The van der Waals surface area contributed by atoms with Crippen LogP contribution in [0.1, 0.15) is 46.0 Å². The topological polar surface area (TPSA) is 74.6 Å². The molecule has 0 saturated carbocycles. The molecule has 0 aliphatic carbocycles. The average molecular weight is 240 g/mol. The van der Waals surface area contributed by atoms with Crippen LogP contribution in [0.4, 0.5) is 0 Å². The van der Waals surface area contributed by atoms with Crippen molar-refractivity contribution >= 4 is 11.9 Å². The smallest absolute Gasteiger partial charge is 0.330 e. The molecule has 0 rings (SSSR count). The Balaban J connectivity index is 3.61. The Labute approximate surface area is 102 Å². The Morgan fingerprint density at radius 1 is 0.824 bits per heavy atom. The van der Waals surface area contributed by atoms with E-state index in [-0.39, 0.29) is 0 Å². The van der Waals surface area contributed by atoms with Crippen LogP contribution < -0.4 is 0 Å². The minimum Gasteiger partial charge on any atom is -0.478 e. The van der Waals surface area contributed by atoms with Gasteiger partial charge in [-0.05, 0) is 39.5 Å². The van der Waals surface area contributed by atoms with Crippen molar-refractivity contribution in [2.75, 3.05) is 0 Å². The van der Waals surface area contributed by atoms with Crippen LogP contribution in [0.3, 0.4) is 0 Å². The number of carboxylic acid groups (broad SMARTS) is 2. The van der Waals surface area contributed by atoms with E-state index in [1.54, 1.807) is 26.0 Å².